The van der Waals surface area contributed by atoms with Gasteiger partial charge >= 0.3 is 0 Å². The molecule has 0 unspecified atom stereocenters. The number of aromatic nitrogens is 2. The molecule has 102 valence electrons. The summed E-state index contributed by atoms with van der Waals surface area (Å²) in [6.45, 7) is 0.625. The molecule has 1 aromatic carbocycles. The summed E-state index contributed by atoms with van der Waals surface area (Å²) in [4.78, 5) is 4.53. The van der Waals surface area contributed by atoms with E-state index in [4.69, 9.17) is 16.3 Å². The third-order valence-electron chi connectivity index (χ3n) is 3.03. The topological polar surface area (TPSA) is 38.6 Å². The number of para-hydroxylation sites is 2. The average molecular weight is 288 g/mol. The fraction of sp³-hybridized carbons (Fsp3) is 0.133. The number of nitrogens with zero attached hydrogens (tertiary/aromatic N) is 2. The molecule has 2 aromatic heterocycles. The molecule has 0 aliphatic heterocycles. The van der Waals surface area contributed by atoms with Crippen molar-refractivity contribution in [3.63, 3.8) is 0 Å². The second-order valence-corrected chi connectivity index (χ2v) is 4.84. The molecule has 3 rings (SSSR count). The summed E-state index contributed by atoms with van der Waals surface area (Å²) in [5.41, 5.74) is 2.77. The Bertz CT molecular complexity index is 739. The Hall–Kier alpha value is -2.20. The zero-order valence-electron chi connectivity index (χ0n) is 11.0. The molecule has 0 spiro atoms. The smallest absolute Gasteiger partial charge is 0.141 e. The van der Waals surface area contributed by atoms with Crippen molar-refractivity contribution in [2.45, 2.75) is 6.54 Å². The first-order chi connectivity index (χ1) is 9.76. The second-order valence-electron chi connectivity index (χ2n) is 4.40. The first kappa shape index (κ1) is 12.8. The number of halogens is 1. The normalized spacial score (nSPS) is 10.7. The molecule has 2 heterocycles. The van der Waals surface area contributed by atoms with Crippen LogP contribution in [0.25, 0.3) is 5.65 Å². The van der Waals surface area contributed by atoms with Gasteiger partial charge in [0.25, 0.3) is 0 Å². The molecule has 0 bridgehead atoms. The van der Waals surface area contributed by atoms with Gasteiger partial charge in [-0.3, -0.25) is 0 Å². The molecule has 0 saturated heterocycles. The first-order valence-electron chi connectivity index (χ1n) is 6.26. The number of pyridine rings is 1. The Morgan fingerprint density at radius 1 is 1.20 bits per heavy atom. The highest BCUT2D eigenvalue weighted by Gasteiger charge is 2.04. The summed E-state index contributed by atoms with van der Waals surface area (Å²) in [5.74, 6) is 0.819. The molecule has 3 aromatic rings. The summed E-state index contributed by atoms with van der Waals surface area (Å²) >= 11 is 5.96. The van der Waals surface area contributed by atoms with E-state index < -0.39 is 0 Å². The number of nitrogens with one attached hydrogen (secondary N) is 1. The van der Waals surface area contributed by atoms with Crippen molar-refractivity contribution in [1.82, 2.24) is 9.38 Å². The lowest BCUT2D eigenvalue weighted by Gasteiger charge is -2.09. The van der Waals surface area contributed by atoms with Gasteiger partial charge in [-0.25, -0.2) is 4.98 Å². The van der Waals surface area contributed by atoms with Crippen LogP contribution in [-0.4, -0.2) is 16.5 Å². The number of anilines is 1. The van der Waals surface area contributed by atoms with Gasteiger partial charge in [0.15, 0.2) is 0 Å². The Morgan fingerprint density at radius 2 is 2.05 bits per heavy atom. The molecule has 0 amide bonds. The number of benzene rings is 1. The van der Waals surface area contributed by atoms with E-state index in [1.165, 1.54) is 0 Å². The summed E-state index contributed by atoms with van der Waals surface area (Å²) in [6, 6.07) is 11.5. The second kappa shape index (κ2) is 5.43. The maximum absolute atomic E-state index is 5.96. The molecule has 0 saturated carbocycles. The molecule has 0 radical (unpaired) electrons. The van der Waals surface area contributed by atoms with E-state index >= 15 is 0 Å². The Labute approximate surface area is 122 Å². The van der Waals surface area contributed by atoms with Crippen LogP contribution in [-0.2, 0) is 6.54 Å². The number of fused-ring (bicyclic) bond motifs is 1. The predicted molar refractivity (Wildman–Crippen MR) is 80.5 cm³/mol. The molecule has 4 nitrogen and oxygen atoms in total. The number of methoxy groups -OCH3 is 1. The lowest BCUT2D eigenvalue weighted by molar-refractivity contribution is 0.416. The van der Waals surface area contributed by atoms with Crippen LogP contribution in [0.1, 0.15) is 5.69 Å². The fourth-order valence-corrected chi connectivity index (χ4v) is 2.25. The molecule has 20 heavy (non-hydrogen) atoms. The molecule has 0 aliphatic rings. The van der Waals surface area contributed by atoms with Gasteiger partial charge in [0.1, 0.15) is 11.4 Å². The highest BCUT2D eigenvalue weighted by atomic mass is 35.5. The van der Waals surface area contributed by atoms with Gasteiger partial charge in [-0.1, -0.05) is 23.7 Å². The zero-order valence-corrected chi connectivity index (χ0v) is 11.8. The first-order valence-corrected chi connectivity index (χ1v) is 6.64. The van der Waals surface area contributed by atoms with Crippen molar-refractivity contribution in [3.8, 4) is 5.75 Å². The van der Waals surface area contributed by atoms with Crippen LogP contribution in [0.15, 0.2) is 48.8 Å². The van der Waals surface area contributed by atoms with Gasteiger partial charge in [-0.05, 0) is 24.3 Å². The van der Waals surface area contributed by atoms with Crippen LogP contribution < -0.4 is 10.1 Å². The van der Waals surface area contributed by atoms with Gasteiger partial charge in [0.05, 0.1) is 30.1 Å². The maximum atomic E-state index is 5.96. The van der Waals surface area contributed by atoms with Crippen LogP contribution in [0.3, 0.4) is 0 Å². The Kier molecular flexibility index (Phi) is 3.48. The van der Waals surface area contributed by atoms with Gasteiger partial charge in [-0.2, -0.15) is 0 Å². The van der Waals surface area contributed by atoms with E-state index in [1.54, 1.807) is 7.11 Å². The number of hydrogen-bond acceptors (Lipinski definition) is 3. The molecule has 0 aliphatic carbocycles. The van der Waals surface area contributed by atoms with Crippen molar-refractivity contribution in [1.29, 1.82) is 0 Å². The van der Waals surface area contributed by atoms with Gasteiger partial charge in [-0.15, -0.1) is 0 Å². The predicted octanol–water partition coefficient (Wildman–Crippen LogP) is 3.61. The van der Waals surface area contributed by atoms with E-state index in [0.29, 0.717) is 11.6 Å². The number of imidazole rings is 1. The fourth-order valence-electron chi connectivity index (χ4n) is 2.08. The van der Waals surface area contributed by atoms with Gasteiger partial charge in [0.2, 0.25) is 0 Å². The van der Waals surface area contributed by atoms with Crippen LogP contribution in [0.2, 0.25) is 5.02 Å². The summed E-state index contributed by atoms with van der Waals surface area (Å²) in [7, 11) is 1.66. The lowest BCUT2D eigenvalue weighted by Crippen LogP contribution is -2.01. The summed E-state index contributed by atoms with van der Waals surface area (Å²) < 4.78 is 7.22. The molecule has 5 heteroatoms. The quantitative estimate of drug-likeness (QED) is 0.797. The maximum Gasteiger partial charge on any atom is 0.141 e. The molecular formula is C15H14ClN3O. The number of ether oxygens (including phenoxy) is 1. The third kappa shape index (κ3) is 2.56. The van der Waals surface area contributed by atoms with Crippen LogP contribution in [0.4, 0.5) is 5.69 Å². The largest absolute Gasteiger partial charge is 0.495 e. The van der Waals surface area contributed by atoms with Crippen molar-refractivity contribution >= 4 is 22.9 Å². The van der Waals surface area contributed by atoms with E-state index in [1.807, 2.05) is 53.2 Å². The van der Waals surface area contributed by atoms with Crippen LogP contribution in [0.5, 0.6) is 5.75 Å². The average Bonchev–Trinajstić information content (AvgIpc) is 2.87. The van der Waals surface area contributed by atoms with Gasteiger partial charge in [0, 0.05) is 12.4 Å². The number of rotatable bonds is 4. The Balaban J connectivity index is 1.79. The van der Waals surface area contributed by atoms with Gasteiger partial charge < -0.3 is 14.5 Å². The minimum atomic E-state index is 0.625. The third-order valence-corrected chi connectivity index (χ3v) is 3.26. The van der Waals surface area contributed by atoms with E-state index in [2.05, 4.69) is 10.3 Å². The van der Waals surface area contributed by atoms with Crippen LogP contribution in [0, 0.1) is 0 Å². The molecule has 1 N–H and O–H groups in total. The minimum Gasteiger partial charge on any atom is -0.495 e. The lowest BCUT2D eigenvalue weighted by atomic mass is 10.3. The van der Waals surface area contributed by atoms with Crippen molar-refractivity contribution in [2.75, 3.05) is 12.4 Å². The highest BCUT2D eigenvalue weighted by Crippen LogP contribution is 2.23. The van der Waals surface area contributed by atoms with Crippen molar-refractivity contribution in [2.24, 2.45) is 0 Å². The van der Waals surface area contributed by atoms with E-state index in [9.17, 15) is 0 Å². The van der Waals surface area contributed by atoms with Crippen LogP contribution >= 0.6 is 11.6 Å². The highest BCUT2D eigenvalue weighted by molar-refractivity contribution is 6.30. The summed E-state index contributed by atoms with van der Waals surface area (Å²) in [6.07, 6.45) is 3.81. The van der Waals surface area contributed by atoms with Crippen molar-refractivity contribution < 1.29 is 4.74 Å². The van der Waals surface area contributed by atoms with Crippen molar-refractivity contribution in [3.05, 3.63) is 59.5 Å². The monoisotopic (exact) mass is 287 g/mol. The molecular weight excluding hydrogens is 274 g/mol. The Morgan fingerprint density at radius 3 is 2.90 bits per heavy atom. The molecule has 0 atom stereocenters. The zero-order chi connectivity index (χ0) is 13.9. The summed E-state index contributed by atoms with van der Waals surface area (Å²) in [5, 5.41) is 4.02. The molecule has 0 fully saturated rings. The van der Waals surface area contributed by atoms with E-state index in [0.717, 1.165) is 22.8 Å². The minimum absolute atomic E-state index is 0.625. The standard InChI is InChI=1S/C15H14ClN3O/c1-20-14-5-3-2-4-13(14)17-8-12-10-19-9-11(16)6-7-15(19)18-12/h2-7,9-10,17H,8H2,1H3. The van der Waals surface area contributed by atoms with E-state index in [-0.39, 0.29) is 0 Å². The SMILES string of the molecule is COc1ccccc1NCc1cn2cc(Cl)ccc2n1. The number of hydrogen-bond donors (Lipinski definition) is 1.